The van der Waals surface area contributed by atoms with Gasteiger partial charge in [0.05, 0.1) is 69.8 Å². The van der Waals surface area contributed by atoms with Gasteiger partial charge in [0.2, 0.25) is 23.6 Å². The molecule has 0 spiro atoms. The highest BCUT2D eigenvalue weighted by molar-refractivity contribution is 14.1. The first-order valence-corrected chi connectivity index (χ1v) is 18.7. The van der Waals surface area contributed by atoms with Crippen LogP contribution < -0.4 is 32.7 Å². The van der Waals surface area contributed by atoms with Crippen LogP contribution in [0.25, 0.3) is 0 Å². The van der Waals surface area contributed by atoms with Gasteiger partial charge < -0.3 is 53.2 Å². The topological polar surface area (TPSA) is 283 Å². The van der Waals surface area contributed by atoms with Crippen molar-refractivity contribution >= 4 is 137 Å². The largest absolute Gasteiger partial charge is 0.394 e. The summed E-state index contributed by atoms with van der Waals surface area (Å²) >= 11 is 7.22. The molecule has 49 heavy (non-hydrogen) atoms. The molecule has 0 radical (unpaired) electrons. The van der Waals surface area contributed by atoms with Crippen LogP contribution in [0.5, 0.6) is 0 Å². The number of primary amides is 2. The molecule has 2 unspecified atom stereocenters. The summed E-state index contributed by atoms with van der Waals surface area (Å²) in [4.78, 5) is 77.9. The molecular weight excluding hydrogens is 1100 g/mol. The van der Waals surface area contributed by atoms with Crippen molar-refractivity contribution in [1.82, 2.24) is 10.6 Å². The first-order valence-electron chi connectivity index (χ1n) is 14.4. The summed E-state index contributed by atoms with van der Waals surface area (Å²) in [5.74, 6) is -4.84. The van der Waals surface area contributed by atoms with Crippen molar-refractivity contribution in [3.8, 4) is 0 Å². The van der Waals surface area contributed by atoms with Gasteiger partial charge in [0, 0.05) is 16.7 Å². The Morgan fingerprint density at radius 1 is 0.612 bits per heavy atom. The van der Waals surface area contributed by atoms with Gasteiger partial charge in [-0.25, -0.2) is 0 Å². The van der Waals surface area contributed by atoms with Crippen LogP contribution in [0.3, 0.4) is 0 Å². The maximum atomic E-state index is 13.3. The van der Waals surface area contributed by atoms with Crippen LogP contribution in [-0.4, -0.2) is 94.4 Å². The molecule has 0 heterocycles. The molecule has 0 saturated heterocycles. The second-order valence-corrected chi connectivity index (χ2v) is 14.6. The molecular formula is C29H34I4N6O10. The third-order valence-electron chi connectivity index (χ3n) is 6.89. The minimum atomic E-state index is -1.24. The third kappa shape index (κ3) is 10.5. The Morgan fingerprint density at radius 3 is 1.43 bits per heavy atom. The highest BCUT2D eigenvalue weighted by Gasteiger charge is 2.30. The fourth-order valence-electron chi connectivity index (χ4n) is 4.61. The van der Waals surface area contributed by atoms with Gasteiger partial charge in [-0.1, -0.05) is 13.8 Å². The van der Waals surface area contributed by atoms with Crippen molar-refractivity contribution in [2.45, 2.75) is 45.3 Å². The van der Waals surface area contributed by atoms with E-state index in [4.69, 9.17) is 21.7 Å². The molecule has 0 aliphatic rings. The normalized spacial score (nSPS) is 12.1. The van der Waals surface area contributed by atoms with E-state index < -0.39 is 67.3 Å². The highest BCUT2D eigenvalue weighted by atomic mass is 127. The van der Waals surface area contributed by atoms with Crippen molar-refractivity contribution in [2.75, 3.05) is 36.9 Å². The lowest BCUT2D eigenvalue weighted by molar-refractivity contribution is -0.123. The van der Waals surface area contributed by atoms with Crippen molar-refractivity contribution < 1.29 is 49.2 Å². The van der Waals surface area contributed by atoms with E-state index >= 15 is 0 Å². The Kier molecular flexibility index (Phi) is 17.3. The van der Waals surface area contributed by atoms with E-state index in [9.17, 15) is 39.0 Å². The van der Waals surface area contributed by atoms with Crippen LogP contribution >= 0.6 is 90.4 Å². The van der Waals surface area contributed by atoms with E-state index in [1.807, 2.05) is 45.2 Å². The number of nitrogens with two attached hydrogens (primary N) is 2. The molecule has 16 nitrogen and oxygen atoms in total. The number of amides is 6. The molecule has 0 bridgehead atoms. The smallest absolute Gasteiger partial charge is 0.253 e. The molecule has 6 amide bonds. The average molecular weight is 1130 g/mol. The van der Waals surface area contributed by atoms with Gasteiger partial charge in [-0.3, -0.25) is 28.8 Å². The minimum absolute atomic E-state index is 0.0135. The molecule has 2 rings (SSSR count). The number of hydrogen-bond acceptors (Lipinski definition) is 10. The van der Waals surface area contributed by atoms with E-state index in [1.54, 1.807) is 59.0 Å². The molecule has 2 aromatic rings. The lowest BCUT2D eigenvalue weighted by Crippen LogP contribution is -2.36. The molecule has 12 N–H and O–H groups in total. The average Bonchev–Trinajstić information content (AvgIpc) is 3.04. The zero-order valence-electron chi connectivity index (χ0n) is 26.0. The second kappa shape index (κ2) is 19.6. The SMILES string of the molecule is CCc1c(NC(=O)CC(=O)Nc2c(I)c(C(N)=O)c(CC)c(C(=O)NCC(O)CO)c2I)c(I)c(C(=O)NCC(O)CO)c(I)c1C(N)=O. The molecule has 268 valence electrons. The fraction of sp³-hybridized carbons (Fsp3) is 0.379. The first kappa shape index (κ1) is 43.2. The van der Waals surface area contributed by atoms with Gasteiger partial charge in [-0.05, 0) is 114 Å². The van der Waals surface area contributed by atoms with E-state index in [2.05, 4.69) is 21.3 Å². The first-order chi connectivity index (χ1) is 23.0. The summed E-state index contributed by atoms with van der Waals surface area (Å²) < 4.78 is 0.873. The van der Waals surface area contributed by atoms with Gasteiger partial charge in [-0.15, -0.1) is 0 Å². The molecule has 2 atom stereocenters. The quantitative estimate of drug-likeness (QED) is 0.0824. The van der Waals surface area contributed by atoms with E-state index in [0.29, 0.717) is 11.1 Å². The van der Waals surface area contributed by atoms with E-state index in [-0.39, 0.29) is 73.8 Å². The predicted molar refractivity (Wildman–Crippen MR) is 212 cm³/mol. The zero-order valence-corrected chi connectivity index (χ0v) is 34.6. The summed E-state index contributed by atoms with van der Waals surface area (Å²) in [7, 11) is 0. The second-order valence-electron chi connectivity index (χ2n) is 10.3. The van der Waals surface area contributed by atoms with Crippen LogP contribution in [0.15, 0.2) is 0 Å². The van der Waals surface area contributed by atoms with Gasteiger partial charge >= 0.3 is 0 Å². The number of carbonyl (C=O) groups is 6. The number of halogens is 4. The Bertz CT molecular complexity index is 1670. The number of aliphatic hydroxyl groups excluding tert-OH is 4. The fourth-order valence-corrected chi connectivity index (χ4v) is 9.69. The molecule has 0 aliphatic heterocycles. The minimum Gasteiger partial charge on any atom is -0.394 e. The monoisotopic (exact) mass is 1130 g/mol. The van der Waals surface area contributed by atoms with Crippen molar-refractivity contribution in [3.63, 3.8) is 0 Å². The number of benzene rings is 2. The van der Waals surface area contributed by atoms with Crippen LogP contribution in [0, 0.1) is 14.3 Å². The van der Waals surface area contributed by atoms with E-state index in [1.165, 1.54) is 0 Å². The number of nitrogens with one attached hydrogen (secondary N) is 4. The van der Waals surface area contributed by atoms with Crippen LogP contribution in [0.2, 0.25) is 0 Å². The Balaban J connectivity index is 2.53. The molecule has 0 aliphatic carbocycles. The summed E-state index contributed by atoms with van der Waals surface area (Å²) in [6.07, 6.45) is -2.85. The Morgan fingerprint density at radius 2 is 1.00 bits per heavy atom. The van der Waals surface area contributed by atoms with Crippen molar-refractivity contribution in [1.29, 1.82) is 0 Å². The lowest BCUT2D eigenvalue weighted by atomic mass is 9.96. The van der Waals surface area contributed by atoms with Crippen molar-refractivity contribution in [2.24, 2.45) is 11.5 Å². The number of rotatable bonds is 16. The predicted octanol–water partition coefficient (Wildman–Crippen LogP) is 0.561. The van der Waals surface area contributed by atoms with Crippen molar-refractivity contribution in [3.05, 3.63) is 47.7 Å². The Labute approximate surface area is 335 Å². The zero-order chi connectivity index (χ0) is 37.3. The lowest BCUT2D eigenvalue weighted by Gasteiger charge is -2.22. The number of carbonyl (C=O) groups excluding carboxylic acids is 6. The molecule has 0 aromatic heterocycles. The third-order valence-corrected chi connectivity index (χ3v) is 11.2. The van der Waals surface area contributed by atoms with Crippen LogP contribution in [0.1, 0.15) is 72.8 Å². The maximum absolute atomic E-state index is 13.3. The van der Waals surface area contributed by atoms with Gasteiger partial charge in [0.1, 0.15) is 6.42 Å². The molecule has 20 heteroatoms. The molecule has 2 aromatic carbocycles. The Hall–Kier alpha value is -1.98. The number of anilines is 2. The summed E-state index contributed by atoms with van der Waals surface area (Å²) in [6.45, 7) is 1.60. The van der Waals surface area contributed by atoms with Crippen LogP contribution in [0.4, 0.5) is 11.4 Å². The van der Waals surface area contributed by atoms with Gasteiger partial charge in [0.15, 0.2) is 0 Å². The summed E-state index contributed by atoms with van der Waals surface area (Å²) in [5.41, 5.74) is 12.0. The summed E-state index contributed by atoms with van der Waals surface area (Å²) in [5, 5.41) is 47.7. The number of hydrogen-bond donors (Lipinski definition) is 10. The number of aliphatic hydroxyl groups is 4. The van der Waals surface area contributed by atoms with E-state index in [0.717, 1.165) is 0 Å². The van der Waals surface area contributed by atoms with Gasteiger partial charge in [-0.2, -0.15) is 0 Å². The standard InChI is InChI=1S/C29H34I4N6O10/c1-3-12-16(26(34)46)21(31)25(22(32)18(12)28(48)36-6-10(42)8-40)39-15(45)5-14(44)38-24-13(4-2)17(27(35)47)20(30)19(23(24)33)29(49)37-7-11(43)9-41/h10-11,40-43H,3-9H2,1-2H3,(H2,34,46)(H2,35,47)(H,36,48)(H,37,49)(H,38,44)(H,39,45). The summed E-state index contributed by atoms with van der Waals surface area (Å²) in [6, 6.07) is 0. The van der Waals surface area contributed by atoms with Crippen LogP contribution in [-0.2, 0) is 22.4 Å². The van der Waals surface area contributed by atoms with Gasteiger partial charge in [0.25, 0.3) is 11.8 Å². The molecule has 0 saturated carbocycles. The molecule has 0 fully saturated rings. The maximum Gasteiger partial charge on any atom is 0.253 e. The highest BCUT2D eigenvalue weighted by Crippen LogP contribution is 2.37.